The molecule has 1 aliphatic heterocycles. The summed E-state index contributed by atoms with van der Waals surface area (Å²) < 4.78 is 0. The number of hydrogen-bond donors (Lipinski definition) is 1. The van der Waals surface area contributed by atoms with Crippen LogP contribution in [-0.4, -0.2) is 39.1 Å². The van der Waals surface area contributed by atoms with Crippen LogP contribution in [0.25, 0.3) is 11.4 Å². The molecule has 0 bridgehead atoms. The molecule has 3 rings (SSSR count). The smallest absolute Gasteiger partial charge is 0.273 e. The molecule has 0 saturated carbocycles. The van der Waals surface area contributed by atoms with Gasteiger partial charge in [-0.1, -0.05) is 37.3 Å². The van der Waals surface area contributed by atoms with Crippen LogP contribution >= 0.6 is 0 Å². The lowest BCUT2D eigenvalue weighted by molar-refractivity contribution is -0.132. The molecule has 24 heavy (non-hydrogen) atoms. The summed E-state index contributed by atoms with van der Waals surface area (Å²) in [6, 6.07) is 9.38. The number of carbonyl (C=O) groups excluding carboxylic acids is 1. The predicted octanol–water partition coefficient (Wildman–Crippen LogP) is 2.02. The van der Waals surface area contributed by atoms with Crippen molar-refractivity contribution in [3.8, 4) is 11.4 Å². The zero-order chi connectivity index (χ0) is 16.9. The van der Waals surface area contributed by atoms with Gasteiger partial charge in [0.25, 0.3) is 5.56 Å². The fourth-order valence-corrected chi connectivity index (χ4v) is 2.89. The molecular formula is C18H22N4O2. The van der Waals surface area contributed by atoms with Gasteiger partial charge in [0, 0.05) is 31.5 Å². The number of aryl methyl sites for hydroxylation is 1. The number of aromatic amines is 1. The summed E-state index contributed by atoms with van der Waals surface area (Å²) in [7, 11) is 0. The molecule has 0 aliphatic carbocycles. The van der Waals surface area contributed by atoms with Gasteiger partial charge in [-0.3, -0.25) is 9.59 Å². The Kier molecular flexibility index (Phi) is 5.03. The van der Waals surface area contributed by atoms with Gasteiger partial charge in [-0.25, -0.2) is 0 Å². The van der Waals surface area contributed by atoms with Crippen LogP contribution in [-0.2, 0) is 11.2 Å². The highest BCUT2D eigenvalue weighted by atomic mass is 16.2. The number of carbonyl (C=O) groups is 1. The van der Waals surface area contributed by atoms with Crippen molar-refractivity contribution in [2.24, 2.45) is 5.92 Å². The van der Waals surface area contributed by atoms with Crippen molar-refractivity contribution in [3.63, 3.8) is 0 Å². The average molecular weight is 326 g/mol. The van der Waals surface area contributed by atoms with Gasteiger partial charge in [0.15, 0.2) is 5.82 Å². The van der Waals surface area contributed by atoms with Gasteiger partial charge in [-0.2, -0.15) is 0 Å². The fraction of sp³-hybridized carbons (Fsp3) is 0.444. The van der Waals surface area contributed by atoms with E-state index in [1.54, 1.807) is 0 Å². The first-order chi connectivity index (χ1) is 11.6. The van der Waals surface area contributed by atoms with E-state index in [0.717, 1.165) is 31.5 Å². The highest BCUT2D eigenvalue weighted by Gasteiger charge is 2.20. The summed E-state index contributed by atoms with van der Waals surface area (Å²) in [5, 5.41) is 8.10. The molecule has 1 saturated heterocycles. The quantitative estimate of drug-likeness (QED) is 0.932. The Balaban J connectivity index is 1.62. The van der Waals surface area contributed by atoms with Gasteiger partial charge in [-0.15, -0.1) is 10.2 Å². The minimum absolute atomic E-state index is 0.0928. The van der Waals surface area contributed by atoms with E-state index in [4.69, 9.17) is 0 Å². The summed E-state index contributed by atoms with van der Waals surface area (Å²) >= 11 is 0. The second-order valence-corrected chi connectivity index (χ2v) is 6.38. The van der Waals surface area contributed by atoms with E-state index in [1.165, 1.54) is 0 Å². The van der Waals surface area contributed by atoms with E-state index in [9.17, 15) is 9.59 Å². The summed E-state index contributed by atoms with van der Waals surface area (Å²) in [6.07, 6.45) is 2.73. The molecule has 0 spiro atoms. The Hall–Kier alpha value is -2.50. The van der Waals surface area contributed by atoms with Crippen LogP contribution in [0.3, 0.4) is 0 Å². The van der Waals surface area contributed by atoms with Crippen molar-refractivity contribution in [2.75, 3.05) is 13.1 Å². The van der Waals surface area contributed by atoms with Crippen molar-refractivity contribution >= 4 is 5.91 Å². The molecule has 0 radical (unpaired) electrons. The standard InChI is InChI=1S/C18H22N4O2/c1-13-9-11-22(12-10-13)16(23)8-7-15-18(24)19-17(21-20-15)14-5-3-2-4-6-14/h2-6,13H,7-12H2,1H3,(H,19,21,24). The summed E-state index contributed by atoms with van der Waals surface area (Å²) in [5.74, 6) is 1.23. The highest BCUT2D eigenvalue weighted by molar-refractivity contribution is 5.76. The van der Waals surface area contributed by atoms with Crippen molar-refractivity contribution < 1.29 is 4.79 Å². The lowest BCUT2D eigenvalue weighted by Crippen LogP contribution is -2.38. The van der Waals surface area contributed by atoms with Gasteiger partial charge >= 0.3 is 0 Å². The number of aromatic nitrogens is 3. The van der Waals surface area contributed by atoms with Crippen molar-refractivity contribution in [3.05, 3.63) is 46.4 Å². The molecule has 6 heteroatoms. The van der Waals surface area contributed by atoms with E-state index < -0.39 is 0 Å². The maximum Gasteiger partial charge on any atom is 0.273 e. The molecular weight excluding hydrogens is 304 g/mol. The van der Waals surface area contributed by atoms with Gasteiger partial charge < -0.3 is 9.88 Å². The van der Waals surface area contributed by atoms with Crippen LogP contribution in [0.15, 0.2) is 35.1 Å². The first kappa shape index (κ1) is 16.4. The third-order valence-electron chi connectivity index (χ3n) is 4.52. The number of hydrogen-bond acceptors (Lipinski definition) is 4. The Labute approximate surface area is 140 Å². The van der Waals surface area contributed by atoms with Crippen LogP contribution < -0.4 is 5.56 Å². The van der Waals surface area contributed by atoms with E-state index in [2.05, 4.69) is 22.1 Å². The second kappa shape index (κ2) is 7.38. The maximum absolute atomic E-state index is 12.2. The molecule has 1 fully saturated rings. The van der Waals surface area contributed by atoms with Crippen LogP contribution in [0.1, 0.15) is 31.9 Å². The first-order valence-corrected chi connectivity index (χ1v) is 8.42. The zero-order valence-electron chi connectivity index (χ0n) is 13.9. The van der Waals surface area contributed by atoms with Gasteiger partial charge in [0.1, 0.15) is 5.69 Å². The molecule has 0 unspecified atom stereocenters. The molecule has 0 atom stereocenters. The number of benzene rings is 1. The maximum atomic E-state index is 12.2. The van der Waals surface area contributed by atoms with Crippen LogP contribution in [0.5, 0.6) is 0 Å². The second-order valence-electron chi connectivity index (χ2n) is 6.38. The largest absolute Gasteiger partial charge is 0.343 e. The summed E-state index contributed by atoms with van der Waals surface area (Å²) in [5.41, 5.74) is 0.851. The molecule has 2 aromatic rings. The number of likely N-dealkylation sites (tertiary alicyclic amines) is 1. The Morgan fingerprint density at radius 2 is 1.92 bits per heavy atom. The monoisotopic (exact) mass is 326 g/mol. The lowest BCUT2D eigenvalue weighted by Gasteiger charge is -2.30. The van der Waals surface area contributed by atoms with E-state index in [0.29, 0.717) is 30.3 Å². The van der Waals surface area contributed by atoms with Crippen molar-refractivity contribution in [1.29, 1.82) is 0 Å². The first-order valence-electron chi connectivity index (χ1n) is 8.42. The molecule has 1 N–H and O–H groups in total. The molecule has 1 amide bonds. The summed E-state index contributed by atoms with van der Waals surface area (Å²) in [6.45, 7) is 3.84. The normalized spacial score (nSPS) is 15.5. The molecule has 2 heterocycles. The number of amides is 1. The molecule has 126 valence electrons. The van der Waals surface area contributed by atoms with Crippen LogP contribution in [0, 0.1) is 5.92 Å². The Morgan fingerprint density at radius 3 is 2.58 bits per heavy atom. The average Bonchev–Trinajstić information content (AvgIpc) is 2.62. The summed E-state index contributed by atoms with van der Waals surface area (Å²) in [4.78, 5) is 29.0. The number of nitrogens with zero attached hydrogens (tertiary/aromatic N) is 3. The molecule has 6 nitrogen and oxygen atoms in total. The molecule has 1 aromatic heterocycles. The molecule has 1 aromatic carbocycles. The number of rotatable bonds is 4. The van der Waals surface area contributed by atoms with Crippen molar-refractivity contribution in [2.45, 2.75) is 32.6 Å². The number of H-pyrrole nitrogens is 1. The SMILES string of the molecule is CC1CCN(C(=O)CCc2nnc(-c3ccccc3)[nH]c2=O)CC1. The predicted molar refractivity (Wildman–Crippen MR) is 91.4 cm³/mol. The topological polar surface area (TPSA) is 79.0 Å². The van der Waals surface area contributed by atoms with E-state index in [1.807, 2.05) is 35.2 Å². The van der Waals surface area contributed by atoms with Gasteiger partial charge in [-0.05, 0) is 18.8 Å². The fourth-order valence-electron chi connectivity index (χ4n) is 2.89. The lowest BCUT2D eigenvalue weighted by atomic mass is 9.99. The third kappa shape index (κ3) is 3.88. The number of piperidine rings is 1. The minimum Gasteiger partial charge on any atom is -0.343 e. The van der Waals surface area contributed by atoms with Gasteiger partial charge in [0.05, 0.1) is 0 Å². The Bertz CT molecular complexity index is 749. The van der Waals surface area contributed by atoms with E-state index in [-0.39, 0.29) is 11.5 Å². The third-order valence-corrected chi connectivity index (χ3v) is 4.52. The zero-order valence-corrected chi connectivity index (χ0v) is 13.9. The molecule has 1 aliphatic rings. The van der Waals surface area contributed by atoms with Crippen molar-refractivity contribution in [1.82, 2.24) is 20.1 Å². The highest BCUT2D eigenvalue weighted by Crippen LogP contribution is 2.17. The van der Waals surface area contributed by atoms with Crippen LogP contribution in [0.2, 0.25) is 0 Å². The minimum atomic E-state index is -0.274. The van der Waals surface area contributed by atoms with Crippen LogP contribution in [0.4, 0.5) is 0 Å². The van der Waals surface area contributed by atoms with E-state index >= 15 is 0 Å². The van der Waals surface area contributed by atoms with Gasteiger partial charge in [0.2, 0.25) is 5.91 Å². The Morgan fingerprint density at radius 1 is 1.21 bits per heavy atom. The number of nitrogens with one attached hydrogen (secondary N) is 1.